The molecule has 0 atom stereocenters. The average molecular weight is 349 g/mol. The van der Waals surface area contributed by atoms with Crippen molar-refractivity contribution in [3.05, 3.63) is 77.0 Å². The number of hydrogen-bond acceptors (Lipinski definition) is 6. The number of carbonyl (C=O) groups is 1. The molecule has 0 aliphatic heterocycles. The van der Waals surface area contributed by atoms with Crippen molar-refractivity contribution >= 4 is 23.2 Å². The Morgan fingerprint density at radius 3 is 2.81 bits per heavy atom. The van der Waals surface area contributed by atoms with E-state index in [0.29, 0.717) is 11.3 Å². The number of rotatable bonds is 4. The summed E-state index contributed by atoms with van der Waals surface area (Å²) in [6.07, 6.45) is 6.26. The standard InChI is InChI=1S/C16H11N7O3/c24-15(18-16-20-19-14-3-1-2-7-22(14)16)11-4-5-12(13(9-11)23(25)26)21-8-6-17-10-21/h1-10H,(H,18,20,24). The normalized spacial score (nSPS) is 10.8. The first-order chi connectivity index (χ1) is 12.6. The Balaban J connectivity index is 1.68. The Morgan fingerprint density at radius 2 is 2.04 bits per heavy atom. The van der Waals surface area contributed by atoms with Gasteiger partial charge in [0, 0.05) is 30.2 Å². The molecule has 0 spiro atoms. The molecule has 128 valence electrons. The lowest BCUT2D eigenvalue weighted by Crippen LogP contribution is -2.15. The van der Waals surface area contributed by atoms with Gasteiger partial charge in [-0.25, -0.2) is 4.98 Å². The molecule has 0 radical (unpaired) electrons. The van der Waals surface area contributed by atoms with E-state index >= 15 is 0 Å². The number of nitrogens with one attached hydrogen (secondary N) is 1. The Kier molecular flexibility index (Phi) is 3.62. The van der Waals surface area contributed by atoms with Gasteiger partial charge in [-0.05, 0) is 24.3 Å². The van der Waals surface area contributed by atoms with Crippen LogP contribution in [0.4, 0.5) is 11.6 Å². The number of nitro groups is 1. The smallest absolute Gasteiger partial charge is 0.294 e. The van der Waals surface area contributed by atoms with Crippen LogP contribution >= 0.6 is 0 Å². The van der Waals surface area contributed by atoms with Crippen LogP contribution in [0.1, 0.15) is 10.4 Å². The Morgan fingerprint density at radius 1 is 1.15 bits per heavy atom. The minimum absolute atomic E-state index is 0.133. The molecule has 1 N–H and O–H groups in total. The largest absolute Gasteiger partial charge is 0.300 e. The van der Waals surface area contributed by atoms with Gasteiger partial charge in [-0.1, -0.05) is 6.07 Å². The molecule has 0 saturated heterocycles. The van der Waals surface area contributed by atoms with E-state index in [1.54, 1.807) is 35.0 Å². The van der Waals surface area contributed by atoms with Gasteiger partial charge < -0.3 is 4.57 Å². The molecule has 4 aromatic rings. The quantitative estimate of drug-likeness (QED) is 0.445. The Hall–Kier alpha value is -4.08. The van der Waals surface area contributed by atoms with Crippen LogP contribution in [-0.2, 0) is 0 Å². The summed E-state index contributed by atoms with van der Waals surface area (Å²) in [6, 6.07) is 9.53. The molecule has 3 heterocycles. The van der Waals surface area contributed by atoms with Gasteiger partial charge in [0.1, 0.15) is 5.69 Å². The molecule has 10 nitrogen and oxygen atoms in total. The second-order valence-electron chi connectivity index (χ2n) is 5.34. The summed E-state index contributed by atoms with van der Waals surface area (Å²) in [4.78, 5) is 27.2. The third-order valence-corrected chi connectivity index (χ3v) is 3.76. The van der Waals surface area contributed by atoms with Gasteiger partial charge in [-0.2, -0.15) is 0 Å². The third kappa shape index (κ3) is 2.65. The molecule has 0 bridgehead atoms. The zero-order chi connectivity index (χ0) is 18.1. The fraction of sp³-hybridized carbons (Fsp3) is 0. The second kappa shape index (κ2) is 6.09. The molecule has 4 rings (SSSR count). The summed E-state index contributed by atoms with van der Waals surface area (Å²) in [5, 5.41) is 21.9. The number of aromatic nitrogens is 5. The topological polar surface area (TPSA) is 120 Å². The van der Waals surface area contributed by atoms with E-state index in [0.717, 1.165) is 0 Å². The molecular formula is C16H11N7O3. The highest BCUT2D eigenvalue weighted by Gasteiger charge is 2.19. The van der Waals surface area contributed by atoms with Crippen LogP contribution < -0.4 is 5.32 Å². The average Bonchev–Trinajstić information content (AvgIpc) is 3.32. The van der Waals surface area contributed by atoms with Crippen molar-refractivity contribution in [2.75, 3.05) is 5.32 Å². The number of imidazole rings is 1. The van der Waals surface area contributed by atoms with Crippen LogP contribution in [0.25, 0.3) is 11.3 Å². The molecule has 0 unspecified atom stereocenters. The fourth-order valence-electron chi connectivity index (χ4n) is 2.53. The minimum atomic E-state index is -0.543. The zero-order valence-corrected chi connectivity index (χ0v) is 13.2. The van der Waals surface area contributed by atoms with E-state index in [2.05, 4.69) is 20.5 Å². The van der Waals surface area contributed by atoms with Crippen molar-refractivity contribution in [3.63, 3.8) is 0 Å². The third-order valence-electron chi connectivity index (χ3n) is 3.76. The van der Waals surface area contributed by atoms with E-state index in [1.807, 2.05) is 0 Å². The van der Waals surface area contributed by atoms with Crippen LogP contribution in [0.15, 0.2) is 61.3 Å². The number of benzene rings is 1. The lowest BCUT2D eigenvalue weighted by atomic mass is 10.1. The number of amides is 1. The van der Waals surface area contributed by atoms with Crippen LogP contribution in [0.5, 0.6) is 0 Å². The number of nitro benzene ring substituents is 1. The lowest BCUT2D eigenvalue weighted by molar-refractivity contribution is -0.384. The van der Waals surface area contributed by atoms with E-state index in [9.17, 15) is 14.9 Å². The summed E-state index contributed by atoms with van der Waals surface area (Å²) in [5.74, 6) is -0.296. The monoisotopic (exact) mass is 349 g/mol. The van der Waals surface area contributed by atoms with E-state index in [1.165, 1.54) is 35.3 Å². The van der Waals surface area contributed by atoms with Crippen molar-refractivity contribution < 1.29 is 9.72 Å². The van der Waals surface area contributed by atoms with Gasteiger partial charge >= 0.3 is 0 Å². The summed E-state index contributed by atoms with van der Waals surface area (Å²) < 4.78 is 3.11. The molecule has 3 aromatic heterocycles. The Bertz CT molecular complexity index is 1120. The minimum Gasteiger partial charge on any atom is -0.300 e. The fourth-order valence-corrected chi connectivity index (χ4v) is 2.53. The summed E-state index contributed by atoms with van der Waals surface area (Å²) in [6.45, 7) is 0. The molecule has 0 aliphatic rings. The van der Waals surface area contributed by atoms with Gasteiger partial charge in [0.25, 0.3) is 11.6 Å². The lowest BCUT2D eigenvalue weighted by Gasteiger charge is -2.07. The number of nitrogens with zero attached hydrogens (tertiary/aromatic N) is 6. The first-order valence-electron chi connectivity index (χ1n) is 7.51. The first-order valence-corrected chi connectivity index (χ1v) is 7.51. The van der Waals surface area contributed by atoms with Gasteiger partial charge in [0.2, 0.25) is 5.95 Å². The zero-order valence-electron chi connectivity index (χ0n) is 13.2. The van der Waals surface area contributed by atoms with Crippen molar-refractivity contribution in [2.45, 2.75) is 0 Å². The predicted octanol–water partition coefficient (Wildman–Crippen LogP) is 2.08. The number of hydrogen-bond donors (Lipinski definition) is 1. The maximum Gasteiger partial charge on any atom is 0.294 e. The van der Waals surface area contributed by atoms with E-state index in [-0.39, 0.29) is 17.2 Å². The molecule has 26 heavy (non-hydrogen) atoms. The van der Waals surface area contributed by atoms with E-state index < -0.39 is 10.8 Å². The van der Waals surface area contributed by atoms with E-state index in [4.69, 9.17) is 0 Å². The summed E-state index contributed by atoms with van der Waals surface area (Å²) in [5.41, 5.74) is 0.816. The second-order valence-corrected chi connectivity index (χ2v) is 5.34. The van der Waals surface area contributed by atoms with Crippen molar-refractivity contribution in [1.29, 1.82) is 0 Å². The molecule has 0 fully saturated rings. The maximum absolute atomic E-state index is 12.5. The van der Waals surface area contributed by atoms with Crippen LogP contribution in [0.2, 0.25) is 0 Å². The molecule has 10 heteroatoms. The van der Waals surface area contributed by atoms with Crippen molar-refractivity contribution in [1.82, 2.24) is 24.1 Å². The SMILES string of the molecule is O=C(Nc1nnc2ccccn12)c1ccc(-n2ccnc2)c([N+](=O)[O-])c1. The highest BCUT2D eigenvalue weighted by Crippen LogP contribution is 2.24. The highest BCUT2D eigenvalue weighted by molar-refractivity contribution is 6.04. The van der Waals surface area contributed by atoms with Crippen molar-refractivity contribution in [3.8, 4) is 5.69 Å². The van der Waals surface area contributed by atoms with Gasteiger partial charge in [-0.3, -0.25) is 24.6 Å². The highest BCUT2D eigenvalue weighted by atomic mass is 16.6. The first kappa shape index (κ1) is 15.4. The van der Waals surface area contributed by atoms with Gasteiger partial charge in [0.15, 0.2) is 5.65 Å². The number of pyridine rings is 1. The van der Waals surface area contributed by atoms with Crippen LogP contribution in [0.3, 0.4) is 0 Å². The van der Waals surface area contributed by atoms with Gasteiger partial charge in [-0.15, -0.1) is 10.2 Å². The van der Waals surface area contributed by atoms with Gasteiger partial charge in [0.05, 0.1) is 11.3 Å². The molecule has 1 amide bonds. The molecule has 0 saturated carbocycles. The van der Waals surface area contributed by atoms with Crippen LogP contribution in [0, 0.1) is 10.1 Å². The molecule has 0 aliphatic carbocycles. The number of anilines is 1. The summed E-state index contributed by atoms with van der Waals surface area (Å²) >= 11 is 0. The van der Waals surface area contributed by atoms with Crippen LogP contribution in [-0.4, -0.2) is 35.0 Å². The predicted molar refractivity (Wildman–Crippen MR) is 91.2 cm³/mol. The number of fused-ring (bicyclic) bond motifs is 1. The Labute approximate surface area is 145 Å². The number of carbonyl (C=O) groups excluding carboxylic acids is 1. The molecular weight excluding hydrogens is 338 g/mol. The van der Waals surface area contributed by atoms with Crippen molar-refractivity contribution in [2.24, 2.45) is 0 Å². The summed E-state index contributed by atoms with van der Waals surface area (Å²) in [7, 11) is 0. The maximum atomic E-state index is 12.5. The molecule has 1 aromatic carbocycles.